The summed E-state index contributed by atoms with van der Waals surface area (Å²) in [5.74, 6) is -0.676. The number of hydrogen-bond acceptors (Lipinski definition) is 3. The number of benzene rings is 1. The molecule has 1 unspecified atom stereocenters. The summed E-state index contributed by atoms with van der Waals surface area (Å²) in [5, 5.41) is 9.22. The van der Waals surface area contributed by atoms with E-state index < -0.39 is 5.97 Å². The van der Waals surface area contributed by atoms with Crippen LogP contribution in [0.25, 0.3) is 0 Å². The van der Waals surface area contributed by atoms with Gasteiger partial charge in [-0.3, -0.25) is 9.59 Å². The molecule has 0 aliphatic carbocycles. The lowest BCUT2D eigenvalue weighted by Crippen LogP contribution is -2.01. The number of carboxylic acids is 1. The summed E-state index contributed by atoms with van der Waals surface area (Å²) in [6.07, 6.45) is 8.94. The highest BCUT2D eigenvalue weighted by molar-refractivity contribution is 7.14. The van der Waals surface area contributed by atoms with Crippen LogP contribution in [0.4, 0.5) is 0 Å². The maximum atomic E-state index is 12.5. The lowest BCUT2D eigenvalue weighted by Gasteiger charge is -2.11. The number of aliphatic carboxylic acids is 1. The van der Waals surface area contributed by atoms with Crippen molar-refractivity contribution in [3.63, 3.8) is 0 Å². The molecule has 3 nitrogen and oxygen atoms in total. The van der Waals surface area contributed by atoms with E-state index >= 15 is 0 Å². The van der Waals surface area contributed by atoms with Crippen LogP contribution in [0.5, 0.6) is 0 Å². The number of thiophene rings is 1. The first kappa shape index (κ1) is 23.9. The monoisotopic (exact) mass is 418 g/mol. The molecule has 0 aliphatic heterocycles. The Morgan fingerprint density at radius 3 is 2.29 bits per heavy atom. The summed E-state index contributed by atoms with van der Waals surface area (Å²) in [5.41, 5.74) is 1.57. The van der Waals surface area contributed by atoms with Gasteiger partial charge in [0.15, 0.2) is 0 Å². The van der Waals surface area contributed by atoms with Crippen LogP contribution in [0.15, 0.2) is 54.6 Å². The Morgan fingerprint density at radius 1 is 1.14 bits per heavy atom. The lowest BCUT2D eigenvalue weighted by molar-refractivity contribution is -0.136. The number of hydrogen-bond donors (Lipinski definition) is 1. The van der Waals surface area contributed by atoms with Crippen LogP contribution < -0.4 is 0 Å². The van der Waals surface area contributed by atoms with E-state index in [0.717, 1.165) is 12.0 Å². The van der Waals surface area contributed by atoms with Crippen LogP contribution in [0.3, 0.4) is 0 Å². The summed E-state index contributed by atoms with van der Waals surface area (Å²) in [6.45, 7) is 8.22. The molecule has 28 heavy (non-hydrogen) atoms. The third-order valence-electron chi connectivity index (χ3n) is 4.13. The fourth-order valence-corrected chi connectivity index (χ4v) is 3.58. The summed E-state index contributed by atoms with van der Waals surface area (Å²) in [6, 6.07) is 8.86. The first-order chi connectivity index (χ1) is 13.3. The van der Waals surface area contributed by atoms with E-state index in [-0.39, 0.29) is 12.2 Å². The van der Waals surface area contributed by atoms with Gasteiger partial charge in [0.25, 0.3) is 0 Å². The minimum absolute atomic E-state index is 0.0708. The second-order valence-electron chi connectivity index (χ2n) is 6.27. The smallest absolute Gasteiger partial charge is 0.308 e. The molecule has 5 heteroatoms. The summed E-state index contributed by atoms with van der Waals surface area (Å²) in [4.78, 5) is 24.4. The quantitative estimate of drug-likeness (QED) is 0.392. The molecule has 1 heterocycles. The van der Waals surface area contributed by atoms with E-state index in [1.54, 1.807) is 18.2 Å². The van der Waals surface area contributed by atoms with Crippen LogP contribution in [-0.2, 0) is 11.2 Å². The highest BCUT2D eigenvalue weighted by Gasteiger charge is 2.17. The summed E-state index contributed by atoms with van der Waals surface area (Å²) in [7, 11) is 0. The topological polar surface area (TPSA) is 54.4 Å². The zero-order valence-electron chi connectivity index (χ0n) is 16.7. The SMILES string of the molecule is C/C=C\C=C/C.CCC(C)c1ccc(C(=O)c2ccc(CC(=O)O)s2)c(Cl)c1. The van der Waals surface area contributed by atoms with Crippen molar-refractivity contribution in [2.24, 2.45) is 0 Å². The Morgan fingerprint density at radius 2 is 1.79 bits per heavy atom. The zero-order chi connectivity index (χ0) is 21.1. The third kappa shape index (κ3) is 7.45. The van der Waals surface area contributed by atoms with Gasteiger partial charge in [-0.15, -0.1) is 11.3 Å². The van der Waals surface area contributed by atoms with Crippen LogP contribution in [0.1, 0.15) is 65.7 Å². The van der Waals surface area contributed by atoms with Crippen molar-refractivity contribution in [1.29, 1.82) is 0 Å². The van der Waals surface area contributed by atoms with Gasteiger partial charge in [-0.2, -0.15) is 0 Å². The van der Waals surface area contributed by atoms with E-state index in [4.69, 9.17) is 16.7 Å². The van der Waals surface area contributed by atoms with Crippen molar-refractivity contribution in [2.75, 3.05) is 0 Å². The zero-order valence-corrected chi connectivity index (χ0v) is 18.3. The number of carbonyl (C=O) groups is 2. The molecule has 0 saturated heterocycles. The van der Waals surface area contributed by atoms with Gasteiger partial charge >= 0.3 is 5.97 Å². The van der Waals surface area contributed by atoms with Crippen LogP contribution in [0.2, 0.25) is 5.02 Å². The number of carbonyl (C=O) groups excluding carboxylic acids is 1. The Hall–Kier alpha value is -2.17. The average molecular weight is 419 g/mol. The van der Waals surface area contributed by atoms with Crippen LogP contribution >= 0.6 is 22.9 Å². The fourth-order valence-electron chi connectivity index (χ4n) is 2.36. The fraction of sp³-hybridized carbons (Fsp3) is 0.304. The van der Waals surface area contributed by atoms with Gasteiger partial charge in [0, 0.05) is 10.4 Å². The molecule has 0 bridgehead atoms. The van der Waals surface area contributed by atoms with E-state index in [1.165, 1.54) is 11.3 Å². The lowest BCUT2D eigenvalue weighted by atomic mass is 9.96. The largest absolute Gasteiger partial charge is 0.481 e. The predicted octanol–water partition coefficient (Wildman–Crippen LogP) is 6.91. The van der Waals surface area contributed by atoms with Gasteiger partial charge in [0.2, 0.25) is 5.78 Å². The van der Waals surface area contributed by atoms with Crippen molar-refractivity contribution in [1.82, 2.24) is 0 Å². The molecule has 0 fully saturated rings. The van der Waals surface area contributed by atoms with Gasteiger partial charge < -0.3 is 5.11 Å². The molecule has 0 saturated carbocycles. The van der Waals surface area contributed by atoms with Gasteiger partial charge in [-0.25, -0.2) is 0 Å². The van der Waals surface area contributed by atoms with Gasteiger partial charge in [0.05, 0.1) is 16.3 Å². The van der Waals surface area contributed by atoms with Crippen LogP contribution in [-0.4, -0.2) is 16.9 Å². The van der Waals surface area contributed by atoms with E-state index in [1.807, 2.05) is 50.3 Å². The minimum atomic E-state index is -0.906. The molecule has 0 radical (unpaired) electrons. The predicted molar refractivity (Wildman–Crippen MR) is 119 cm³/mol. The molecule has 2 rings (SSSR count). The Balaban J connectivity index is 0.000000568. The first-order valence-corrected chi connectivity index (χ1v) is 10.4. The maximum Gasteiger partial charge on any atom is 0.308 e. The molecule has 0 spiro atoms. The summed E-state index contributed by atoms with van der Waals surface area (Å²) < 4.78 is 0. The number of halogens is 1. The number of carboxylic acid groups (broad SMARTS) is 1. The van der Waals surface area contributed by atoms with E-state index in [9.17, 15) is 9.59 Å². The Bertz CT molecular complexity index is 839. The molecule has 1 aromatic carbocycles. The second kappa shape index (κ2) is 12.3. The van der Waals surface area contributed by atoms with Crippen molar-refractivity contribution >= 4 is 34.7 Å². The molecule has 2 aromatic rings. The molecule has 150 valence electrons. The number of allylic oxidation sites excluding steroid dienone is 4. The molecule has 0 aliphatic rings. The Kier molecular flexibility index (Phi) is 10.5. The number of rotatable bonds is 7. The van der Waals surface area contributed by atoms with Gasteiger partial charge in [-0.05, 0) is 56.0 Å². The molecule has 0 amide bonds. The highest BCUT2D eigenvalue weighted by Crippen LogP contribution is 2.28. The standard InChI is InChI=1S/C17H17ClO3S.C6H10/c1-3-10(2)11-4-6-13(14(18)8-11)17(21)15-7-5-12(22-15)9-16(19)20;1-3-5-6-4-2/h4-8,10H,3,9H2,1-2H3,(H,19,20);3-6H,1-2H3/b;5-3-,6-4-. The molecule has 1 atom stereocenters. The van der Waals surface area contributed by atoms with Crippen molar-refractivity contribution in [3.05, 3.63) is 80.5 Å². The molecule has 1 aromatic heterocycles. The van der Waals surface area contributed by atoms with Gasteiger partial charge in [-0.1, -0.05) is 55.8 Å². The van der Waals surface area contributed by atoms with Crippen LogP contribution in [0, 0.1) is 0 Å². The van der Waals surface area contributed by atoms with Gasteiger partial charge in [0.1, 0.15) is 0 Å². The molecule has 1 N–H and O–H groups in total. The molecular weight excluding hydrogens is 392 g/mol. The average Bonchev–Trinajstić information content (AvgIpc) is 3.13. The number of ketones is 1. The molecular formula is C23H27ClO3S. The third-order valence-corrected chi connectivity index (χ3v) is 5.52. The normalized spacial score (nSPS) is 12.0. The minimum Gasteiger partial charge on any atom is -0.481 e. The highest BCUT2D eigenvalue weighted by atomic mass is 35.5. The summed E-state index contributed by atoms with van der Waals surface area (Å²) >= 11 is 7.45. The van der Waals surface area contributed by atoms with E-state index in [0.29, 0.717) is 26.3 Å². The van der Waals surface area contributed by atoms with Crippen molar-refractivity contribution in [3.8, 4) is 0 Å². The maximum absolute atomic E-state index is 12.5. The Labute approximate surface area is 176 Å². The van der Waals surface area contributed by atoms with Crippen molar-refractivity contribution < 1.29 is 14.7 Å². The van der Waals surface area contributed by atoms with Crippen molar-refractivity contribution in [2.45, 2.75) is 46.5 Å². The van der Waals surface area contributed by atoms with E-state index in [2.05, 4.69) is 13.8 Å². The first-order valence-electron chi connectivity index (χ1n) is 9.22. The second-order valence-corrected chi connectivity index (χ2v) is 7.84.